The molecule has 1 unspecified atom stereocenters. The van der Waals surface area contributed by atoms with Gasteiger partial charge in [0, 0.05) is 13.1 Å². The maximum atomic E-state index is 12.3. The summed E-state index contributed by atoms with van der Waals surface area (Å²) in [5, 5.41) is 9.08. The van der Waals surface area contributed by atoms with Gasteiger partial charge in [-0.2, -0.15) is 13.2 Å². The molecule has 0 aromatic rings. The lowest BCUT2D eigenvalue weighted by Gasteiger charge is -2.34. The van der Waals surface area contributed by atoms with Crippen molar-refractivity contribution in [3.05, 3.63) is 0 Å². The third kappa shape index (κ3) is 3.76. The van der Waals surface area contributed by atoms with Crippen molar-refractivity contribution < 1.29 is 27.8 Å². The van der Waals surface area contributed by atoms with Crippen LogP contribution in [0, 0.1) is 5.92 Å². The molecule has 1 fully saturated rings. The zero-order chi connectivity index (χ0) is 13.1. The number of carbonyl (C=O) groups excluding carboxylic acids is 1. The van der Waals surface area contributed by atoms with Crippen LogP contribution in [0.15, 0.2) is 0 Å². The van der Waals surface area contributed by atoms with Gasteiger partial charge >= 0.3 is 12.3 Å². The summed E-state index contributed by atoms with van der Waals surface area (Å²) in [4.78, 5) is 12.7. The van der Waals surface area contributed by atoms with E-state index in [0.717, 1.165) is 0 Å². The third-order valence-corrected chi connectivity index (χ3v) is 2.85. The van der Waals surface area contributed by atoms with Crippen molar-refractivity contribution in [2.75, 3.05) is 19.7 Å². The number of aliphatic hydroxyl groups is 1. The fourth-order valence-corrected chi connectivity index (χ4v) is 1.88. The number of rotatable bonds is 2. The van der Waals surface area contributed by atoms with Crippen LogP contribution in [0.25, 0.3) is 0 Å². The van der Waals surface area contributed by atoms with Crippen molar-refractivity contribution in [1.29, 1.82) is 0 Å². The molecule has 0 bridgehead atoms. The SMILES string of the molecule is CCOC(=O)N1CCC(C(O)C(F)(F)F)CC1. The lowest BCUT2D eigenvalue weighted by atomic mass is 9.91. The molecule has 1 aliphatic rings. The summed E-state index contributed by atoms with van der Waals surface area (Å²) >= 11 is 0. The van der Waals surface area contributed by atoms with Gasteiger partial charge in [-0.15, -0.1) is 0 Å². The number of hydrogen-bond acceptors (Lipinski definition) is 3. The number of alkyl halides is 3. The van der Waals surface area contributed by atoms with Crippen molar-refractivity contribution in [1.82, 2.24) is 4.90 Å². The molecule has 17 heavy (non-hydrogen) atoms. The summed E-state index contributed by atoms with van der Waals surface area (Å²) in [6.45, 7) is 2.29. The average molecular weight is 255 g/mol. The summed E-state index contributed by atoms with van der Waals surface area (Å²) in [5.41, 5.74) is 0. The Balaban J connectivity index is 2.43. The quantitative estimate of drug-likeness (QED) is 0.818. The third-order valence-electron chi connectivity index (χ3n) is 2.85. The molecule has 4 nitrogen and oxygen atoms in total. The summed E-state index contributed by atoms with van der Waals surface area (Å²) < 4.78 is 41.5. The second kappa shape index (κ2) is 5.57. The molecule has 1 rings (SSSR count). The molecular weight excluding hydrogens is 239 g/mol. The Bertz CT molecular complexity index is 262. The molecule has 1 heterocycles. The number of halogens is 3. The zero-order valence-electron chi connectivity index (χ0n) is 9.54. The molecule has 0 aliphatic carbocycles. The van der Waals surface area contributed by atoms with Crippen molar-refractivity contribution in [2.45, 2.75) is 32.0 Å². The van der Waals surface area contributed by atoms with Crippen molar-refractivity contribution in [3.63, 3.8) is 0 Å². The molecule has 1 atom stereocenters. The topological polar surface area (TPSA) is 49.8 Å². The Hall–Kier alpha value is -0.980. The maximum Gasteiger partial charge on any atom is 0.414 e. The predicted octanol–water partition coefficient (Wildman–Crippen LogP) is 1.78. The van der Waals surface area contributed by atoms with E-state index in [0.29, 0.717) is 0 Å². The molecule has 0 aromatic heterocycles. The summed E-state index contributed by atoms with van der Waals surface area (Å²) in [7, 11) is 0. The standard InChI is InChI=1S/C10H16F3NO3/c1-2-17-9(16)14-5-3-7(4-6-14)8(15)10(11,12)13/h7-8,15H,2-6H2,1H3. The fraction of sp³-hybridized carbons (Fsp3) is 0.900. The Morgan fingerprint density at radius 1 is 1.47 bits per heavy atom. The van der Waals surface area contributed by atoms with E-state index in [1.54, 1.807) is 6.92 Å². The van der Waals surface area contributed by atoms with Crippen molar-refractivity contribution in [2.24, 2.45) is 5.92 Å². The first-order valence-corrected chi connectivity index (χ1v) is 5.52. The highest BCUT2D eigenvalue weighted by atomic mass is 19.4. The van der Waals surface area contributed by atoms with Crippen LogP contribution < -0.4 is 0 Å². The Morgan fingerprint density at radius 2 is 2.00 bits per heavy atom. The monoisotopic (exact) mass is 255 g/mol. The minimum Gasteiger partial charge on any atom is -0.450 e. The van der Waals surface area contributed by atoms with Crippen LogP contribution in [-0.2, 0) is 4.74 Å². The molecule has 1 saturated heterocycles. The highest BCUT2D eigenvalue weighted by Gasteiger charge is 2.44. The normalized spacial score (nSPS) is 20.2. The van der Waals surface area contributed by atoms with Crippen LogP contribution in [0.2, 0.25) is 0 Å². The van der Waals surface area contributed by atoms with Gasteiger partial charge in [-0.3, -0.25) is 0 Å². The summed E-state index contributed by atoms with van der Waals surface area (Å²) in [5.74, 6) is -0.833. The Labute approximate surface area is 97.3 Å². The van der Waals surface area contributed by atoms with E-state index < -0.39 is 24.3 Å². The highest BCUT2D eigenvalue weighted by molar-refractivity contribution is 5.67. The van der Waals surface area contributed by atoms with Gasteiger partial charge < -0.3 is 14.7 Å². The van der Waals surface area contributed by atoms with Crippen molar-refractivity contribution in [3.8, 4) is 0 Å². The van der Waals surface area contributed by atoms with Gasteiger partial charge in [0.05, 0.1) is 6.61 Å². The van der Waals surface area contributed by atoms with E-state index in [1.807, 2.05) is 0 Å². The van der Waals surface area contributed by atoms with E-state index in [9.17, 15) is 18.0 Å². The summed E-state index contributed by atoms with van der Waals surface area (Å²) in [6, 6.07) is 0. The largest absolute Gasteiger partial charge is 0.450 e. The van der Waals surface area contributed by atoms with Crippen LogP contribution in [-0.4, -0.2) is 48.1 Å². The van der Waals surface area contributed by atoms with Gasteiger partial charge in [0.2, 0.25) is 0 Å². The lowest BCUT2D eigenvalue weighted by molar-refractivity contribution is -0.222. The molecule has 0 saturated carbocycles. The van der Waals surface area contributed by atoms with Gasteiger partial charge in [-0.05, 0) is 25.7 Å². The molecule has 1 amide bonds. The molecule has 100 valence electrons. The molecule has 1 aliphatic heterocycles. The molecule has 0 radical (unpaired) electrons. The molecule has 1 N–H and O–H groups in total. The second-order valence-electron chi connectivity index (χ2n) is 4.01. The van der Waals surface area contributed by atoms with E-state index in [-0.39, 0.29) is 32.5 Å². The number of carbonyl (C=O) groups is 1. The molecule has 0 spiro atoms. The minimum absolute atomic E-state index is 0.138. The van der Waals surface area contributed by atoms with Gasteiger partial charge in [-0.1, -0.05) is 0 Å². The first-order chi connectivity index (χ1) is 7.86. The fourth-order valence-electron chi connectivity index (χ4n) is 1.88. The number of aliphatic hydroxyl groups excluding tert-OH is 1. The minimum atomic E-state index is -4.59. The molecular formula is C10H16F3NO3. The Kier molecular flexibility index (Phi) is 4.62. The van der Waals surface area contributed by atoms with Gasteiger partial charge in [0.15, 0.2) is 6.10 Å². The number of piperidine rings is 1. The average Bonchev–Trinajstić information content (AvgIpc) is 2.27. The van der Waals surface area contributed by atoms with E-state index in [1.165, 1.54) is 4.90 Å². The van der Waals surface area contributed by atoms with E-state index in [2.05, 4.69) is 0 Å². The predicted molar refractivity (Wildman–Crippen MR) is 53.4 cm³/mol. The number of hydrogen-bond donors (Lipinski definition) is 1. The smallest absolute Gasteiger partial charge is 0.414 e. The van der Waals surface area contributed by atoms with Crippen LogP contribution in [0.5, 0.6) is 0 Å². The zero-order valence-corrected chi connectivity index (χ0v) is 9.54. The molecule has 7 heteroatoms. The van der Waals surface area contributed by atoms with E-state index >= 15 is 0 Å². The van der Waals surface area contributed by atoms with Crippen LogP contribution in [0.3, 0.4) is 0 Å². The first kappa shape index (κ1) is 14.1. The Morgan fingerprint density at radius 3 is 2.41 bits per heavy atom. The maximum absolute atomic E-state index is 12.3. The van der Waals surface area contributed by atoms with Gasteiger partial charge in [0.25, 0.3) is 0 Å². The summed E-state index contributed by atoms with van der Waals surface area (Å²) in [6.07, 6.45) is -7.12. The van der Waals surface area contributed by atoms with Crippen LogP contribution in [0.1, 0.15) is 19.8 Å². The number of likely N-dealkylation sites (tertiary alicyclic amines) is 1. The van der Waals surface area contributed by atoms with Crippen LogP contribution >= 0.6 is 0 Å². The first-order valence-electron chi connectivity index (χ1n) is 5.52. The van der Waals surface area contributed by atoms with E-state index in [4.69, 9.17) is 9.84 Å². The number of nitrogens with zero attached hydrogens (tertiary/aromatic N) is 1. The lowest BCUT2D eigenvalue weighted by Crippen LogP contribution is -2.45. The van der Waals surface area contributed by atoms with Gasteiger partial charge in [-0.25, -0.2) is 4.79 Å². The van der Waals surface area contributed by atoms with Crippen LogP contribution in [0.4, 0.5) is 18.0 Å². The molecule has 0 aromatic carbocycles. The second-order valence-corrected chi connectivity index (χ2v) is 4.01. The number of amides is 1. The van der Waals surface area contributed by atoms with Crippen molar-refractivity contribution >= 4 is 6.09 Å². The van der Waals surface area contributed by atoms with Gasteiger partial charge in [0.1, 0.15) is 0 Å². The highest BCUT2D eigenvalue weighted by Crippen LogP contribution is 2.31. The number of ether oxygens (including phenoxy) is 1.